The van der Waals surface area contributed by atoms with Crippen LogP contribution in [0.3, 0.4) is 0 Å². The number of carbonyl (C=O) groups is 2. The second kappa shape index (κ2) is 7.03. The van der Waals surface area contributed by atoms with E-state index in [1.165, 1.54) is 7.11 Å². The van der Waals surface area contributed by atoms with Crippen LogP contribution in [0, 0.1) is 0 Å². The number of rotatable bonds is 2. The molecule has 1 N–H and O–H groups in total. The summed E-state index contributed by atoms with van der Waals surface area (Å²) < 4.78 is 10.4. The lowest BCUT2D eigenvalue weighted by Crippen LogP contribution is -2.44. The lowest BCUT2D eigenvalue weighted by Gasteiger charge is -2.33. The van der Waals surface area contributed by atoms with E-state index in [-0.39, 0.29) is 12.1 Å². The Morgan fingerprint density at radius 2 is 1.96 bits per heavy atom. The van der Waals surface area contributed by atoms with Gasteiger partial charge in [-0.15, -0.1) is 0 Å². The van der Waals surface area contributed by atoms with Gasteiger partial charge >= 0.3 is 12.0 Å². The van der Waals surface area contributed by atoms with Crippen molar-refractivity contribution in [3.05, 3.63) is 53.1 Å². The van der Waals surface area contributed by atoms with Crippen LogP contribution >= 0.6 is 11.6 Å². The molecule has 0 fully saturated rings. The van der Waals surface area contributed by atoms with E-state index in [4.69, 9.17) is 16.3 Å². The fraction of sp³-hybridized carbons (Fsp3) is 0.222. The quantitative estimate of drug-likeness (QED) is 0.823. The number of esters is 1. The molecule has 1 atom stereocenters. The van der Waals surface area contributed by atoms with Crippen molar-refractivity contribution in [1.82, 2.24) is 0 Å². The van der Waals surface area contributed by atoms with Gasteiger partial charge in [0.25, 0.3) is 0 Å². The van der Waals surface area contributed by atoms with Crippen LogP contribution in [0.4, 0.5) is 16.2 Å². The summed E-state index contributed by atoms with van der Waals surface area (Å²) in [5, 5.41) is 3.34. The molecular formula is C18H17ClN2O4. The fourth-order valence-electron chi connectivity index (χ4n) is 2.60. The second-order valence-electron chi connectivity index (χ2n) is 5.65. The van der Waals surface area contributed by atoms with Crippen LogP contribution in [0.1, 0.15) is 17.3 Å². The summed E-state index contributed by atoms with van der Waals surface area (Å²) in [6, 6.07) is 11.3. The van der Waals surface area contributed by atoms with E-state index >= 15 is 0 Å². The number of hydrogen-bond acceptors (Lipinski definition) is 4. The smallest absolute Gasteiger partial charge is 0.337 e. The molecule has 1 unspecified atom stereocenters. The molecule has 0 saturated carbocycles. The van der Waals surface area contributed by atoms with E-state index in [1.807, 2.05) is 6.92 Å². The Morgan fingerprint density at radius 1 is 1.24 bits per heavy atom. The molecule has 2 aromatic carbocycles. The number of hydrogen-bond donors (Lipinski definition) is 1. The van der Waals surface area contributed by atoms with Crippen molar-refractivity contribution >= 4 is 35.0 Å². The summed E-state index contributed by atoms with van der Waals surface area (Å²) in [7, 11) is 1.32. The number of amides is 2. The minimum Gasteiger partial charge on any atom is -0.487 e. The van der Waals surface area contributed by atoms with Crippen LogP contribution in [-0.4, -0.2) is 31.8 Å². The molecule has 7 heteroatoms. The Hall–Kier alpha value is -2.73. The van der Waals surface area contributed by atoms with Gasteiger partial charge in [0.2, 0.25) is 0 Å². The fourth-order valence-corrected chi connectivity index (χ4v) is 2.77. The monoisotopic (exact) mass is 360 g/mol. The van der Waals surface area contributed by atoms with Gasteiger partial charge in [0.05, 0.1) is 24.9 Å². The van der Waals surface area contributed by atoms with Gasteiger partial charge in [-0.2, -0.15) is 0 Å². The molecule has 2 aromatic rings. The summed E-state index contributed by atoms with van der Waals surface area (Å²) in [4.78, 5) is 25.7. The summed E-state index contributed by atoms with van der Waals surface area (Å²) in [5.74, 6) is 0.183. The summed E-state index contributed by atoms with van der Waals surface area (Å²) >= 11 is 6.05. The Bertz CT molecular complexity index is 807. The number of anilines is 2. The van der Waals surface area contributed by atoms with Crippen LogP contribution in [0.2, 0.25) is 5.02 Å². The van der Waals surface area contributed by atoms with Gasteiger partial charge in [-0.05, 0) is 49.4 Å². The van der Waals surface area contributed by atoms with Gasteiger partial charge < -0.3 is 14.8 Å². The van der Waals surface area contributed by atoms with Crippen molar-refractivity contribution in [1.29, 1.82) is 0 Å². The first-order valence-corrected chi connectivity index (χ1v) is 8.09. The van der Waals surface area contributed by atoms with Gasteiger partial charge in [-0.3, -0.25) is 4.90 Å². The van der Waals surface area contributed by atoms with Crippen LogP contribution in [0.15, 0.2) is 42.5 Å². The van der Waals surface area contributed by atoms with E-state index in [1.54, 1.807) is 47.4 Å². The van der Waals surface area contributed by atoms with E-state index in [2.05, 4.69) is 10.1 Å². The molecule has 0 spiro atoms. The van der Waals surface area contributed by atoms with Crippen molar-refractivity contribution in [3.8, 4) is 5.75 Å². The Kier molecular flexibility index (Phi) is 4.81. The molecule has 0 saturated heterocycles. The van der Waals surface area contributed by atoms with Crippen LogP contribution in [-0.2, 0) is 4.74 Å². The van der Waals surface area contributed by atoms with Crippen molar-refractivity contribution in [2.45, 2.75) is 13.0 Å². The molecule has 0 aromatic heterocycles. The van der Waals surface area contributed by atoms with Crippen molar-refractivity contribution in [2.24, 2.45) is 0 Å². The molecule has 3 rings (SSSR count). The van der Waals surface area contributed by atoms with Crippen LogP contribution in [0.5, 0.6) is 5.75 Å². The highest BCUT2D eigenvalue weighted by Crippen LogP contribution is 2.36. The maximum absolute atomic E-state index is 12.7. The minimum atomic E-state index is -0.427. The van der Waals surface area contributed by atoms with E-state index in [0.29, 0.717) is 34.3 Å². The molecule has 130 valence electrons. The first-order valence-electron chi connectivity index (χ1n) is 7.71. The molecular weight excluding hydrogens is 344 g/mol. The van der Waals surface area contributed by atoms with Gasteiger partial charge in [0.1, 0.15) is 11.9 Å². The number of halogens is 1. The molecule has 0 radical (unpaired) electrons. The summed E-state index contributed by atoms with van der Waals surface area (Å²) in [5.41, 5.74) is 1.60. The number of ether oxygens (including phenoxy) is 2. The van der Waals surface area contributed by atoms with Gasteiger partial charge in [0, 0.05) is 10.7 Å². The Labute approximate surface area is 150 Å². The third-order valence-electron chi connectivity index (χ3n) is 3.78. The van der Waals surface area contributed by atoms with Crippen molar-refractivity contribution < 1.29 is 19.1 Å². The first-order chi connectivity index (χ1) is 12.0. The highest BCUT2D eigenvalue weighted by molar-refractivity contribution is 6.31. The number of benzene rings is 2. The average molecular weight is 361 g/mol. The Morgan fingerprint density at radius 3 is 2.64 bits per heavy atom. The SMILES string of the molecule is COC(=O)c1ccc(NC(=O)N2CC(C)Oc3ccc(Cl)cc32)cc1. The number of urea groups is 1. The topological polar surface area (TPSA) is 67.9 Å². The van der Waals surface area contributed by atoms with Gasteiger partial charge in [-0.25, -0.2) is 9.59 Å². The lowest BCUT2D eigenvalue weighted by atomic mass is 10.2. The maximum atomic E-state index is 12.7. The minimum absolute atomic E-state index is 0.138. The van der Waals surface area contributed by atoms with E-state index in [0.717, 1.165) is 0 Å². The Balaban J connectivity index is 1.80. The normalized spacial score (nSPS) is 15.8. The van der Waals surface area contributed by atoms with Crippen LogP contribution < -0.4 is 15.0 Å². The molecule has 0 bridgehead atoms. The number of methoxy groups -OCH3 is 1. The zero-order valence-electron chi connectivity index (χ0n) is 13.8. The standard InChI is InChI=1S/C18H17ClN2O4/c1-11-10-21(15-9-13(19)5-8-16(15)25-11)18(23)20-14-6-3-12(4-7-14)17(22)24-2/h3-9,11H,10H2,1-2H3,(H,20,23). The maximum Gasteiger partial charge on any atom is 0.337 e. The van der Waals surface area contributed by atoms with E-state index < -0.39 is 5.97 Å². The van der Waals surface area contributed by atoms with Crippen LogP contribution in [0.25, 0.3) is 0 Å². The zero-order chi connectivity index (χ0) is 18.0. The molecule has 6 nitrogen and oxygen atoms in total. The molecule has 1 aliphatic rings. The zero-order valence-corrected chi connectivity index (χ0v) is 14.5. The predicted molar refractivity (Wildman–Crippen MR) is 95.7 cm³/mol. The van der Waals surface area contributed by atoms with Crippen molar-refractivity contribution in [3.63, 3.8) is 0 Å². The molecule has 2 amide bonds. The second-order valence-corrected chi connectivity index (χ2v) is 6.09. The van der Waals surface area contributed by atoms with E-state index in [9.17, 15) is 9.59 Å². The third-order valence-corrected chi connectivity index (χ3v) is 4.02. The molecule has 0 aliphatic carbocycles. The predicted octanol–water partition coefficient (Wildman–Crippen LogP) is 3.95. The molecule has 1 aliphatic heterocycles. The summed E-state index contributed by atoms with van der Waals surface area (Å²) in [6.45, 7) is 2.29. The highest BCUT2D eigenvalue weighted by atomic mass is 35.5. The molecule has 25 heavy (non-hydrogen) atoms. The number of nitrogens with zero attached hydrogens (tertiary/aromatic N) is 1. The lowest BCUT2D eigenvalue weighted by molar-refractivity contribution is 0.0600. The van der Waals surface area contributed by atoms with Gasteiger partial charge in [0.15, 0.2) is 0 Å². The number of carbonyl (C=O) groups excluding carboxylic acids is 2. The first kappa shape index (κ1) is 17.1. The summed E-state index contributed by atoms with van der Waals surface area (Å²) in [6.07, 6.45) is -0.138. The number of nitrogens with one attached hydrogen (secondary N) is 1. The number of fused-ring (bicyclic) bond motifs is 1. The highest BCUT2D eigenvalue weighted by Gasteiger charge is 2.28. The third kappa shape index (κ3) is 3.69. The largest absolute Gasteiger partial charge is 0.487 e. The molecule has 1 heterocycles. The van der Waals surface area contributed by atoms with Gasteiger partial charge in [-0.1, -0.05) is 11.6 Å². The average Bonchev–Trinajstić information content (AvgIpc) is 2.61. The van der Waals surface area contributed by atoms with Crippen molar-refractivity contribution in [2.75, 3.05) is 23.9 Å².